The Balaban J connectivity index is 1.59. The quantitative estimate of drug-likeness (QED) is 0.855. The normalized spacial score (nSPS) is 26.5. The van der Waals surface area contributed by atoms with Gasteiger partial charge in [-0.25, -0.2) is 0 Å². The van der Waals surface area contributed by atoms with Crippen LogP contribution in [-0.2, 0) is 0 Å². The van der Waals surface area contributed by atoms with Gasteiger partial charge >= 0.3 is 0 Å². The van der Waals surface area contributed by atoms with Gasteiger partial charge in [-0.1, -0.05) is 18.2 Å². The van der Waals surface area contributed by atoms with E-state index in [-0.39, 0.29) is 11.9 Å². The molecule has 2 N–H and O–H groups in total. The zero-order valence-corrected chi connectivity index (χ0v) is 13.5. The molecule has 2 fully saturated rings. The van der Waals surface area contributed by atoms with Crippen molar-refractivity contribution in [2.45, 2.75) is 42.3 Å². The van der Waals surface area contributed by atoms with Gasteiger partial charge in [0.2, 0.25) is 0 Å². The summed E-state index contributed by atoms with van der Waals surface area (Å²) in [7, 11) is 0. The van der Waals surface area contributed by atoms with Crippen LogP contribution in [0.1, 0.15) is 29.6 Å². The fraction of sp³-hybridized carbons (Fsp3) is 0.389. The summed E-state index contributed by atoms with van der Waals surface area (Å²) < 4.78 is 0. The van der Waals surface area contributed by atoms with E-state index in [4.69, 9.17) is 0 Å². The van der Waals surface area contributed by atoms with Gasteiger partial charge in [-0.2, -0.15) is 0 Å². The van der Waals surface area contributed by atoms with E-state index in [1.807, 2.05) is 18.2 Å². The fourth-order valence-corrected chi connectivity index (χ4v) is 4.41. The third-order valence-electron chi connectivity index (χ3n) is 4.94. The molecule has 2 aromatic carbocycles. The standard InChI is InChI=1S/C18H20N2OS/c1-22-17-4-2-3-11-5-6-12(9-14(11)17)18(21)20-16-10-13-7-8-15(16)19-13/h2-6,9,13,15-16,19H,7-8,10H2,1H3,(H,20,21). The molecule has 4 heteroatoms. The summed E-state index contributed by atoms with van der Waals surface area (Å²) >= 11 is 1.72. The lowest BCUT2D eigenvalue weighted by molar-refractivity contribution is 0.0931. The van der Waals surface area contributed by atoms with Crippen LogP contribution in [-0.4, -0.2) is 30.3 Å². The molecule has 1 amide bonds. The van der Waals surface area contributed by atoms with Crippen molar-refractivity contribution >= 4 is 28.4 Å². The van der Waals surface area contributed by atoms with Gasteiger partial charge in [0, 0.05) is 28.6 Å². The van der Waals surface area contributed by atoms with E-state index in [1.165, 1.54) is 23.1 Å². The van der Waals surface area contributed by atoms with Gasteiger partial charge in [0.25, 0.3) is 5.91 Å². The Bertz CT molecular complexity index is 730. The zero-order chi connectivity index (χ0) is 15.1. The van der Waals surface area contributed by atoms with Crippen molar-refractivity contribution in [3.05, 3.63) is 42.0 Å². The second-order valence-electron chi connectivity index (χ2n) is 6.26. The lowest BCUT2D eigenvalue weighted by atomic mass is 9.95. The molecule has 0 aromatic heterocycles. The molecule has 2 heterocycles. The Morgan fingerprint density at radius 1 is 1.27 bits per heavy atom. The molecule has 2 aliphatic rings. The van der Waals surface area contributed by atoms with Crippen LogP contribution in [0.3, 0.4) is 0 Å². The van der Waals surface area contributed by atoms with E-state index in [0.29, 0.717) is 12.1 Å². The van der Waals surface area contributed by atoms with Gasteiger partial charge in [-0.05, 0) is 54.5 Å². The van der Waals surface area contributed by atoms with Crippen molar-refractivity contribution in [2.24, 2.45) is 0 Å². The monoisotopic (exact) mass is 312 g/mol. The summed E-state index contributed by atoms with van der Waals surface area (Å²) in [5.41, 5.74) is 0.761. The molecule has 114 valence electrons. The Hall–Kier alpha value is -1.52. The first-order valence-electron chi connectivity index (χ1n) is 7.88. The highest BCUT2D eigenvalue weighted by Crippen LogP contribution is 2.29. The second kappa shape index (κ2) is 5.60. The number of fused-ring (bicyclic) bond motifs is 3. The molecular weight excluding hydrogens is 292 g/mol. The minimum absolute atomic E-state index is 0.0529. The highest BCUT2D eigenvalue weighted by atomic mass is 32.2. The number of benzene rings is 2. The lowest BCUT2D eigenvalue weighted by Gasteiger charge is -2.21. The van der Waals surface area contributed by atoms with E-state index in [1.54, 1.807) is 11.8 Å². The van der Waals surface area contributed by atoms with Gasteiger partial charge < -0.3 is 10.6 Å². The Morgan fingerprint density at radius 3 is 2.91 bits per heavy atom. The van der Waals surface area contributed by atoms with Crippen LogP contribution < -0.4 is 10.6 Å². The molecule has 22 heavy (non-hydrogen) atoms. The first-order valence-corrected chi connectivity index (χ1v) is 9.11. The number of nitrogens with one attached hydrogen (secondary N) is 2. The van der Waals surface area contributed by atoms with E-state index in [2.05, 4.69) is 35.1 Å². The van der Waals surface area contributed by atoms with Crippen molar-refractivity contribution in [1.82, 2.24) is 10.6 Å². The Morgan fingerprint density at radius 2 is 2.18 bits per heavy atom. The van der Waals surface area contributed by atoms with Crippen LogP contribution >= 0.6 is 11.8 Å². The van der Waals surface area contributed by atoms with Gasteiger partial charge in [-0.15, -0.1) is 11.8 Å². The molecule has 2 bridgehead atoms. The first kappa shape index (κ1) is 14.1. The Kier molecular flexibility index (Phi) is 3.59. The SMILES string of the molecule is CSc1cccc2ccc(C(=O)NC3CC4CCC3N4)cc12. The predicted octanol–water partition coefficient (Wildman–Crippen LogP) is 3.18. The average molecular weight is 312 g/mol. The Labute approximate surface area is 134 Å². The maximum Gasteiger partial charge on any atom is 0.251 e. The zero-order valence-electron chi connectivity index (χ0n) is 12.6. The molecule has 2 aromatic rings. The summed E-state index contributed by atoms with van der Waals surface area (Å²) in [5, 5.41) is 9.13. The minimum atomic E-state index is 0.0529. The average Bonchev–Trinajstić information content (AvgIpc) is 3.16. The van der Waals surface area contributed by atoms with Gasteiger partial charge in [0.1, 0.15) is 0 Å². The van der Waals surface area contributed by atoms with E-state index in [0.717, 1.165) is 17.4 Å². The third-order valence-corrected chi connectivity index (χ3v) is 5.74. The van der Waals surface area contributed by atoms with Crippen molar-refractivity contribution < 1.29 is 4.79 Å². The number of carbonyl (C=O) groups excluding carboxylic acids is 1. The molecular formula is C18H20N2OS. The molecule has 4 rings (SSSR count). The molecule has 0 aliphatic carbocycles. The molecule has 2 aliphatic heterocycles. The highest BCUT2D eigenvalue weighted by Gasteiger charge is 2.39. The third kappa shape index (κ3) is 2.40. The summed E-state index contributed by atoms with van der Waals surface area (Å²) in [6.45, 7) is 0. The summed E-state index contributed by atoms with van der Waals surface area (Å²) in [5.74, 6) is 0.0529. The number of amides is 1. The van der Waals surface area contributed by atoms with Gasteiger partial charge in [0.15, 0.2) is 0 Å². The van der Waals surface area contributed by atoms with Crippen molar-refractivity contribution in [3.8, 4) is 0 Å². The van der Waals surface area contributed by atoms with Crippen LogP contribution in [0.25, 0.3) is 10.8 Å². The molecule has 0 spiro atoms. The number of hydrogen-bond acceptors (Lipinski definition) is 3. The van der Waals surface area contributed by atoms with Crippen LogP contribution in [0.5, 0.6) is 0 Å². The molecule has 0 radical (unpaired) electrons. The number of thioether (sulfide) groups is 1. The molecule has 3 atom stereocenters. The van der Waals surface area contributed by atoms with Crippen LogP contribution in [0.2, 0.25) is 0 Å². The molecule has 3 nitrogen and oxygen atoms in total. The number of rotatable bonds is 3. The minimum Gasteiger partial charge on any atom is -0.348 e. The van der Waals surface area contributed by atoms with Crippen LogP contribution in [0, 0.1) is 0 Å². The maximum atomic E-state index is 12.6. The fourth-order valence-electron chi connectivity index (χ4n) is 3.80. The predicted molar refractivity (Wildman–Crippen MR) is 91.5 cm³/mol. The summed E-state index contributed by atoms with van der Waals surface area (Å²) in [4.78, 5) is 13.8. The topological polar surface area (TPSA) is 41.1 Å². The van der Waals surface area contributed by atoms with Crippen LogP contribution in [0.15, 0.2) is 41.3 Å². The van der Waals surface area contributed by atoms with Gasteiger partial charge in [0.05, 0.1) is 0 Å². The van der Waals surface area contributed by atoms with Crippen LogP contribution in [0.4, 0.5) is 0 Å². The van der Waals surface area contributed by atoms with Crippen molar-refractivity contribution in [3.63, 3.8) is 0 Å². The van der Waals surface area contributed by atoms with Crippen molar-refractivity contribution in [1.29, 1.82) is 0 Å². The molecule has 0 saturated carbocycles. The number of carbonyl (C=O) groups is 1. The van der Waals surface area contributed by atoms with Gasteiger partial charge in [-0.3, -0.25) is 4.79 Å². The number of hydrogen-bond donors (Lipinski definition) is 2. The summed E-state index contributed by atoms with van der Waals surface area (Å²) in [6, 6.07) is 13.6. The summed E-state index contributed by atoms with van der Waals surface area (Å²) in [6.07, 6.45) is 5.58. The largest absolute Gasteiger partial charge is 0.348 e. The van der Waals surface area contributed by atoms with E-state index < -0.39 is 0 Å². The highest BCUT2D eigenvalue weighted by molar-refractivity contribution is 7.98. The first-order chi connectivity index (χ1) is 10.7. The lowest BCUT2D eigenvalue weighted by Crippen LogP contribution is -2.42. The van der Waals surface area contributed by atoms with E-state index in [9.17, 15) is 4.79 Å². The molecule has 3 unspecified atom stereocenters. The van der Waals surface area contributed by atoms with E-state index >= 15 is 0 Å². The van der Waals surface area contributed by atoms with Crippen molar-refractivity contribution in [2.75, 3.05) is 6.26 Å². The molecule has 2 saturated heterocycles. The maximum absolute atomic E-state index is 12.6. The smallest absolute Gasteiger partial charge is 0.251 e. The second-order valence-corrected chi connectivity index (χ2v) is 7.11.